The van der Waals surface area contributed by atoms with Gasteiger partial charge in [0, 0.05) is 58.0 Å². The fourth-order valence-corrected chi connectivity index (χ4v) is 4.23. The minimum atomic E-state index is -0.243. The molecule has 4 aromatic rings. The highest BCUT2D eigenvalue weighted by molar-refractivity contribution is 9.10. The molecule has 0 unspecified atom stereocenters. The zero-order valence-electron chi connectivity index (χ0n) is 16.2. The van der Waals surface area contributed by atoms with Crippen LogP contribution in [0.25, 0.3) is 11.0 Å². The van der Waals surface area contributed by atoms with E-state index in [1.54, 1.807) is 0 Å². The summed E-state index contributed by atoms with van der Waals surface area (Å²) >= 11 is 3.40. The van der Waals surface area contributed by atoms with Crippen LogP contribution in [0.2, 0.25) is 0 Å². The summed E-state index contributed by atoms with van der Waals surface area (Å²) in [5.74, 6) is 0. The first-order chi connectivity index (χ1) is 14.7. The van der Waals surface area contributed by atoms with E-state index in [0.29, 0.717) is 0 Å². The summed E-state index contributed by atoms with van der Waals surface area (Å²) in [5, 5.41) is 7.04. The molecule has 0 saturated heterocycles. The molecule has 0 spiro atoms. The van der Waals surface area contributed by atoms with Crippen LogP contribution in [0.4, 0.5) is 21.9 Å². The molecule has 1 aliphatic rings. The first-order valence-corrected chi connectivity index (χ1v) is 10.6. The van der Waals surface area contributed by atoms with Gasteiger partial charge in [0.2, 0.25) is 0 Å². The van der Waals surface area contributed by atoms with Gasteiger partial charge in [-0.25, -0.2) is 9.78 Å². The van der Waals surface area contributed by atoms with Crippen molar-refractivity contribution in [3.63, 3.8) is 0 Å². The van der Waals surface area contributed by atoms with Gasteiger partial charge in [0.15, 0.2) is 0 Å². The number of urea groups is 1. The van der Waals surface area contributed by atoms with Gasteiger partial charge in [-0.05, 0) is 60.5 Å². The smallest absolute Gasteiger partial charge is 0.323 e. The Balaban J connectivity index is 1.34. The van der Waals surface area contributed by atoms with Crippen LogP contribution in [0.5, 0.6) is 0 Å². The Morgan fingerprint density at radius 1 is 1.10 bits per heavy atom. The van der Waals surface area contributed by atoms with Crippen LogP contribution < -0.4 is 15.5 Å². The molecule has 6 nitrogen and oxygen atoms in total. The topological polar surface area (TPSA) is 73.1 Å². The third-order valence-corrected chi connectivity index (χ3v) is 5.91. The molecule has 2 aromatic carbocycles. The lowest BCUT2D eigenvalue weighted by molar-refractivity contribution is 0.262. The Hall–Kier alpha value is -3.32. The number of hydrogen-bond donors (Lipinski definition) is 3. The lowest BCUT2D eigenvalue weighted by Crippen LogP contribution is -2.20. The summed E-state index contributed by atoms with van der Waals surface area (Å²) < 4.78 is 0.973. The van der Waals surface area contributed by atoms with E-state index in [2.05, 4.69) is 59.6 Å². The largest absolute Gasteiger partial charge is 0.367 e. The highest BCUT2D eigenvalue weighted by atomic mass is 79.9. The zero-order chi connectivity index (χ0) is 20.5. The van der Waals surface area contributed by atoms with Gasteiger partial charge in [0.25, 0.3) is 0 Å². The Bertz CT molecular complexity index is 1220. The van der Waals surface area contributed by atoms with Crippen LogP contribution >= 0.6 is 15.9 Å². The minimum absolute atomic E-state index is 0.243. The van der Waals surface area contributed by atoms with Crippen molar-refractivity contribution in [1.82, 2.24) is 9.97 Å². The van der Waals surface area contributed by atoms with Gasteiger partial charge >= 0.3 is 6.03 Å². The second kappa shape index (κ2) is 7.84. The summed E-state index contributed by atoms with van der Waals surface area (Å²) in [6.07, 6.45) is 4.66. The number of hydrogen-bond acceptors (Lipinski definition) is 3. The highest BCUT2D eigenvalue weighted by Gasteiger charge is 2.23. The maximum atomic E-state index is 12.5. The summed E-state index contributed by atoms with van der Waals surface area (Å²) in [4.78, 5) is 22.4. The number of aromatic amines is 1. The summed E-state index contributed by atoms with van der Waals surface area (Å²) in [6.45, 7) is 1.72. The van der Waals surface area contributed by atoms with Gasteiger partial charge in [0.1, 0.15) is 5.65 Å². The lowest BCUT2D eigenvalue weighted by Gasteiger charge is -2.20. The molecule has 0 bridgehead atoms. The van der Waals surface area contributed by atoms with Gasteiger partial charge in [-0.2, -0.15) is 0 Å². The standard InChI is InChI=1S/C23H20BrN5O/c24-16-4-6-17(7-5-16)27-23(30)28-20-2-1-3-21-19(20)10-13-29(21)14-15-8-11-25-22-18(15)9-12-26-22/h1-9,11-12H,10,13-14H2,(H,25,26)(H2,27,28,30). The summed E-state index contributed by atoms with van der Waals surface area (Å²) in [7, 11) is 0. The second-order valence-corrected chi connectivity index (χ2v) is 8.19. The highest BCUT2D eigenvalue weighted by Crippen LogP contribution is 2.35. The number of fused-ring (bicyclic) bond motifs is 2. The molecule has 0 aliphatic carbocycles. The summed E-state index contributed by atoms with van der Waals surface area (Å²) in [6, 6.07) is 17.5. The van der Waals surface area contributed by atoms with Crippen molar-refractivity contribution in [2.75, 3.05) is 22.1 Å². The maximum absolute atomic E-state index is 12.5. The number of aromatic nitrogens is 2. The lowest BCUT2D eigenvalue weighted by atomic mass is 10.1. The number of carbonyl (C=O) groups excluding carboxylic acids is 1. The molecule has 1 aliphatic heterocycles. The Kier molecular flexibility index (Phi) is 4.88. The van der Waals surface area contributed by atoms with E-state index in [9.17, 15) is 4.79 Å². The van der Waals surface area contributed by atoms with E-state index >= 15 is 0 Å². The molecule has 150 valence electrons. The van der Waals surface area contributed by atoms with E-state index in [1.165, 1.54) is 11.1 Å². The number of amides is 2. The summed E-state index contributed by atoms with van der Waals surface area (Å²) in [5.41, 5.74) is 6.08. The predicted molar refractivity (Wildman–Crippen MR) is 124 cm³/mol. The van der Waals surface area contributed by atoms with E-state index < -0.39 is 0 Å². The predicted octanol–water partition coefficient (Wildman–Crippen LogP) is 5.53. The number of rotatable bonds is 4. The van der Waals surface area contributed by atoms with E-state index in [1.807, 2.05) is 48.8 Å². The molecular weight excluding hydrogens is 442 g/mol. The quantitative estimate of drug-likeness (QED) is 0.373. The first kappa shape index (κ1) is 18.7. The van der Waals surface area contributed by atoms with Crippen molar-refractivity contribution in [3.8, 4) is 0 Å². The third kappa shape index (κ3) is 3.64. The van der Waals surface area contributed by atoms with Crippen molar-refractivity contribution in [1.29, 1.82) is 0 Å². The number of halogens is 1. The van der Waals surface area contributed by atoms with Gasteiger partial charge in [-0.1, -0.05) is 22.0 Å². The molecule has 30 heavy (non-hydrogen) atoms. The fraction of sp³-hybridized carbons (Fsp3) is 0.130. The van der Waals surface area contributed by atoms with Crippen LogP contribution in [0.1, 0.15) is 11.1 Å². The van der Waals surface area contributed by atoms with E-state index in [-0.39, 0.29) is 6.03 Å². The molecule has 0 radical (unpaired) electrons. The van der Waals surface area contributed by atoms with Crippen molar-refractivity contribution < 1.29 is 4.79 Å². The first-order valence-electron chi connectivity index (χ1n) is 9.79. The molecular formula is C23H20BrN5O. The number of benzene rings is 2. The molecule has 2 aromatic heterocycles. The molecule has 3 heterocycles. The van der Waals surface area contributed by atoms with Crippen molar-refractivity contribution in [2.24, 2.45) is 0 Å². The average molecular weight is 462 g/mol. The van der Waals surface area contributed by atoms with Gasteiger partial charge in [-0.15, -0.1) is 0 Å². The number of H-pyrrole nitrogens is 1. The number of nitrogens with one attached hydrogen (secondary N) is 3. The van der Waals surface area contributed by atoms with Crippen molar-refractivity contribution in [2.45, 2.75) is 13.0 Å². The van der Waals surface area contributed by atoms with E-state index in [0.717, 1.165) is 52.1 Å². The maximum Gasteiger partial charge on any atom is 0.323 e. The second-order valence-electron chi connectivity index (χ2n) is 7.27. The van der Waals surface area contributed by atoms with Crippen LogP contribution in [-0.4, -0.2) is 22.5 Å². The molecule has 0 saturated carbocycles. The Morgan fingerprint density at radius 3 is 2.83 bits per heavy atom. The third-order valence-electron chi connectivity index (χ3n) is 5.39. The number of pyridine rings is 1. The van der Waals surface area contributed by atoms with Crippen molar-refractivity contribution >= 4 is 50.1 Å². The molecule has 0 atom stereocenters. The van der Waals surface area contributed by atoms with Gasteiger partial charge in [-0.3, -0.25) is 0 Å². The normalized spacial score (nSPS) is 12.8. The number of nitrogens with zero attached hydrogens (tertiary/aromatic N) is 2. The Labute approximate surface area is 182 Å². The van der Waals surface area contributed by atoms with Crippen LogP contribution in [0, 0.1) is 0 Å². The minimum Gasteiger partial charge on any atom is -0.367 e. The van der Waals surface area contributed by atoms with Gasteiger partial charge < -0.3 is 20.5 Å². The molecule has 0 fully saturated rings. The number of anilines is 3. The van der Waals surface area contributed by atoms with Crippen LogP contribution in [-0.2, 0) is 13.0 Å². The monoisotopic (exact) mass is 461 g/mol. The zero-order valence-corrected chi connectivity index (χ0v) is 17.7. The van der Waals surface area contributed by atoms with Crippen LogP contribution in [0.3, 0.4) is 0 Å². The fourth-order valence-electron chi connectivity index (χ4n) is 3.96. The number of carbonyl (C=O) groups is 1. The van der Waals surface area contributed by atoms with Gasteiger partial charge in [0.05, 0.1) is 0 Å². The van der Waals surface area contributed by atoms with E-state index in [4.69, 9.17) is 0 Å². The Morgan fingerprint density at radius 2 is 1.97 bits per heavy atom. The molecule has 2 amide bonds. The SMILES string of the molecule is O=C(Nc1ccc(Br)cc1)Nc1cccc2c1CCN2Cc1ccnc2[nH]ccc12. The van der Waals surface area contributed by atoms with Crippen molar-refractivity contribution in [3.05, 3.63) is 82.6 Å². The average Bonchev–Trinajstić information content (AvgIpc) is 3.38. The van der Waals surface area contributed by atoms with Crippen LogP contribution in [0.15, 0.2) is 71.5 Å². The molecule has 5 rings (SSSR count). The molecule has 7 heteroatoms. The molecule has 3 N–H and O–H groups in total.